The molecule has 0 radical (unpaired) electrons. The summed E-state index contributed by atoms with van der Waals surface area (Å²) in [5.41, 5.74) is 9.01. The van der Waals surface area contributed by atoms with Crippen molar-refractivity contribution in [2.75, 3.05) is 20.8 Å². The molecule has 0 aliphatic carbocycles. The molecule has 0 aromatic heterocycles. The van der Waals surface area contributed by atoms with Gasteiger partial charge in [0, 0.05) is 6.04 Å². The van der Waals surface area contributed by atoms with Crippen LogP contribution in [-0.2, 0) is 6.42 Å². The number of nitrogens with two attached hydrogens (primary N) is 1. The molecule has 0 saturated carbocycles. The predicted molar refractivity (Wildman–Crippen MR) is 83.7 cm³/mol. The van der Waals surface area contributed by atoms with Crippen LogP contribution in [0.1, 0.15) is 5.56 Å². The van der Waals surface area contributed by atoms with Crippen LogP contribution in [0.15, 0.2) is 42.5 Å². The van der Waals surface area contributed by atoms with Gasteiger partial charge in [-0.15, -0.1) is 0 Å². The SMILES string of the molecule is COc1ccc(-c2ccc(CC(N)CO)cc2)cc1OC. The van der Waals surface area contributed by atoms with Crippen LogP contribution in [0.2, 0.25) is 0 Å². The maximum atomic E-state index is 8.98. The zero-order chi connectivity index (χ0) is 15.2. The third-order valence-electron chi connectivity index (χ3n) is 3.40. The first kappa shape index (κ1) is 15.4. The fourth-order valence-electron chi connectivity index (χ4n) is 2.22. The van der Waals surface area contributed by atoms with Crippen molar-refractivity contribution >= 4 is 0 Å². The van der Waals surface area contributed by atoms with Crippen LogP contribution in [0, 0.1) is 0 Å². The van der Waals surface area contributed by atoms with E-state index in [1.54, 1.807) is 14.2 Å². The minimum Gasteiger partial charge on any atom is -0.493 e. The first-order valence-corrected chi connectivity index (χ1v) is 6.85. The molecule has 0 spiro atoms. The van der Waals surface area contributed by atoms with E-state index in [0.29, 0.717) is 17.9 Å². The van der Waals surface area contributed by atoms with Crippen LogP contribution in [0.4, 0.5) is 0 Å². The van der Waals surface area contributed by atoms with Crippen LogP contribution >= 0.6 is 0 Å². The summed E-state index contributed by atoms with van der Waals surface area (Å²) in [7, 11) is 3.25. The number of aliphatic hydroxyl groups is 1. The van der Waals surface area contributed by atoms with Gasteiger partial charge in [0.05, 0.1) is 20.8 Å². The van der Waals surface area contributed by atoms with Crippen molar-refractivity contribution in [3.8, 4) is 22.6 Å². The van der Waals surface area contributed by atoms with Crippen molar-refractivity contribution in [1.82, 2.24) is 0 Å². The van der Waals surface area contributed by atoms with Gasteiger partial charge in [-0.1, -0.05) is 30.3 Å². The molecule has 4 heteroatoms. The zero-order valence-corrected chi connectivity index (χ0v) is 12.4. The molecule has 2 aromatic rings. The highest BCUT2D eigenvalue weighted by molar-refractivity contribution is 5.67. The van der Waals surface area contributed by atoms with E-state index < -0.39 is 0 Å². The van der Waals surface area contributed by atoms with Crippen LogP contribution in [-0.4, -0.2) is 32.0 Å². The van der Waals surface area contributed by atoms with E-state index >= 15 is 0 Å². The molecule has 3 N–H and O–H groups in total. The van der Waals surface area contributed by atoms with Crippen molar-refractivity contribution in [2.24, 2.45) is 5.73 Å². The van der Waals surface area contributed by atoms with Crippen molar-refractivity contribution in [1.29, 1.82) is 0 Å². The van der Waals surface area contributed by atoms with Gasteiger partial charge in [-0.25, -0.2) is 0 Å². The van der Waals surface area contributed by atoms with Crippen LogP contribution in [0.5, 0.6) is 11.5 Å². The topological polar surface area (TPSA) is 64.7 Å². The second-order valence-electron chi connectivity index (χ2n) is 4.91. The lowest BCUT2D eigenvalue weighted by Crippen LogP contribution is -2.26. The fourth-order valence-corrected chi connectivity index (χ4v) is 2.22. The van der Waals surface area contributed by atoms with Gasteiger partial charge in [0.25, 0.3) is 0 Å². The Hall–Kier alpha value is -2.04. The van der Waals surface area contributed by atoms with Gasteiger partial charge in [-0.05, 0) is 35.2 Å². The molecule has 4 nitrogen and oxygen atoms in total. The Morgan fingerprint density at radius 2 is 1.57 bits per heavy atom. The lowest BCUT2D eigenvalue weighted by Gasteiger charge is -2.11. The number of hydrogen-bond donors (Lipinski definition) is 2. The average molecular weight is 287 g/mol. The molecule has 2 rings (SSSR count). The van der Waals surface area contributed by atoms with Gasteiger partial charge in [-0.3, -0.25) is 0 Å². The molecule has 0 heterocycles. The van der Waals surface area contributed by atoms with E-state index in [9.17, 15) is 0 Å². The van der Waals surface area contributed by atoms with E-state index in [1.807, 2.05) is 42.5 Å². The Labute approximate surface area is 125 Å². The van der Waals surface area contributed by atoms with Crippen molar-refractivity contribution in [3.05, 3.63) is 48.0 Å². The molecule has 2 aromatic carbocycles. The first-order chi connectivity index (χ1) is 10.2. The minimum atomic E-state index is -0.211. The van der Waals surface area contributed by atoms with Gasteiger partial charge in [-0.2, -0.15) is 0 Å². The molecule has 0 fully saturated rings. The minimum absolute atomic E-state index is 0.00255. The normalized spacial score (nSPS) is 12.0. The zero-order valence-electron chi connectivity index (χ0n) is 12.4. The monoisotopic (exact) mass is 287 g/mol. The highest BCUT2D eigenvalue weighted by atomic mass is 16.5. The largest absolute Gasteiger partial charge is 0.493 e. The summed E-state index contributed by atoms with van der Waals surface area (Å²) in [5, 5.41) is 8.98. The molecule has 1 unspecified atom stereocenters. The third-order valence-corrected chi connectivity index (χ3v) is 3.40. The first-order valence-electron chi connectivity index (χ1n) is 6.85. The lowest BCUT2D eigenvalue weighted by molar-refractivity contribution is 0.265. The highest BCUT2D eigenvalue weighted by Crippen LogP contribution is 2.32. The van der Waals surface area contributed by atoms with Crippen molar-refractivity contribution in [2.45, 2.75) is 12.5 Å². The van der Waals surface area contributed by atoms with Crippen molar-refractivity contribution < 1.29 is 14.6 Å². The quantitative estimate of drug-likeness (QED) is 0.855. The Morgan fingerprint density at radius 1 is 0.952 bits per heavy atom. The van der Waals surface area contributed by atoms with Crippen LogP contribution < -0.4 is 15.2 Å². The molecule has 0 amide bonds. The highest BCUT2D eigenvalue weighted by Gasteiger charge is 2.07. The molecule has 0 aliphatic heterocycles. The number of ether oxygens (including phenoxy) is 2. The molecule has 0 saturated heterocycles. The Bertz CT molecular complexity index is 581. The number of aliphatic hydroxyl groups excluding tert-OH is 1. The summed E-state index contributed by atoms with van der Waals surface area (Å²) < 4.78 is 10.6. The molecule has 0 bridgehead atoms. The Morgan fingerprint density at radius 3 is 2.14 bits per heavy atom. The summed E-state index contributed by atoms with van der Waals surface area (Å²) in [5.74, 6) is 1.42. The Balaban J connectivity index is 2.22. The molecular formula is C17H21NO3. The average Bonchev–Trinajstić information content (AvgIpc) is 2.54. The second-order valence-corrected chi connectivity index (χ2v) is 4.91. The van der Waals surface area contributed by atoms with E-state index in [1.165, 1.54) is 0 Å². The van der Waals surface area contributed by atoms with E-state index in [0.717, 1.165) is 16.7 Å². The lowest BCUT2D eigenvalue weighted by atomic mass is 10.0. The number of hydrogen-bond acceptors (Lipinski definition) is 4. The molecule has 1 atom stereocenters. The summed E-state index contributed by atoms with van der Waals surface area (Å²) in [6, 6.07) is 13.8. The summed E-state index contributed by atoms with van der Waals surface area (Å²) >= 11 is 0. The van der Waals surface area contributed by atoms with Gasteiger partial charge < -0.3 is 20.3 Å². The van der Waals surface area contributed by atoms with Crippen molar-refractivity contribution in [3.63, 3.8) is 0 Å². The Kier molecular flexibility index (Phi) is 5.20. The second kappa shape index (κ2) is 7.11. The van der Waals surface area contributed by atoms with E-state index in [-0.39, 0.29) is 12.6 Å². The smallest absolute Gasteiger partial charge is 0.161 e. The molecular weight excluding hydrogens is 266 g/mol. The standard InChI is InChI=1S/C17H21NO3/c1-20-16-8-7-14(10-17(16)21-2)13-5-3-12(4-6-13)9-15(18)11-19/h3-8,10,15,19H,9,11,18H2,1-2H3. The maximum Gasteiger partial charge on any atom is 0.161 e. The van der Waals surface area contributed by atoms with Crippen LogP contribution in [0.25, 0.3) is 11.1 Å². The summed E-state index contributed by atoms with van der Waals surface area (Å²) in [4.78, 5) is 0. The van der Waals surface area contributed by atoms with Gasteiger partial charge in [0.2, 0.25) is 0 Å². The third kappa shape index (κ3) is 3.74. The number of methoxy groups -OCH3 is 2. The van der Waals surface area contributed by atoms with Gasteiger partial charge in [0.15, 0.2) is 11.5 Å². The maximum absolute atomic E-state index is 8.98. The predicted octanol–water partition coefficient (Wildman–Crippen LogP) is 2.23. The van der Waals surface area contributed by atoms with Crippen LogP contribution in [0.3, 0.4) is 0 Å². The molecule has 21 heavy (non-hydrogen) atoms. The number of benzene rings is 2. The number of rotatable bonds is 6. The van der Waals surface area contributed by atoms with E-state index in [4.69, 9.17) is 20.3 Å². The van der Waals surface area contributed by atoms with Gasteiger partial charge >= 0.3 is 0 Å². The summed E-state index contributed by atoms with van der Waals surface area (Å²) in [6.07, 6.45) is 0.669. The van der Waals surface area contributed by atoms with Gasteiger partial charge in [0.1, 0.15) is 0 Å². The molecule has 0 aliphatic rings. The molecule has 112 valence electrons. The summed E-state index contributed by atoms with van der Waals surface area (Å²) in [6.45, 7) is -0.00255. The van der Waals surface area contributed by atoms with E-state index in [2.05, 4.69) is 0 Å². The fraction of sp³-hybridized carbons (Fsp3) is 0.294.